The van der Waals surface area contributed by atoms with Crippen molar-refractivity contribution in [3.8, 4) is 0 Å². The van der Waals surface area contributed by atoms with Crippen LogP contribution in [0.3, 0.4) is 0 Å². The van der Waals surface area contributed by atoms with Crippen molar-refractivity contribution in [3.63, 3.8) is 0 Å². The van der Waals surface area contributed by atoms with Crippen LogP contribution in [-0.4, -0.2) is 29.5 Å². The normalized spacial score (nSPS) is 18.8. The molecule has 0 bridgehead atoms. The molecule has 1 N–H and O–H groups in total. The number of nitrogens with one attached hydrogen (secondary N) is 1. The van der Waals surface area contributed by atoms with E-state index in [1.54, 1.807) is 11.3 Å². The third-order valence-electron chi connectivity index (χ3n) is 4.13. The van der Waals surface area contributed by atoms with Gasteiger partial charge in [-0.15, -0.1) is 11.3 Å². The van der Waals surface area contributed by atoms with Crippen LogP contribution >= 0.6 is 11.3 Å². The number of thiophene rings is 1. The number of halogens is 4. The Kier molecular flexibility index (Phi) is 5.35. The van der Waals surface area contributed by atoms with Gasteiger partial charge in [0.1, 0.15) is 5.69 Å². The molecule has 0 spiro atoms. The molecular weight excluding hydrogens is 342 g/mol. The van der Waals surface area contributed by atoms with Gasteiger partial charge in [-0.3, -0.25) is 4.90 Å². The zero-order valence-electron chi connectivity index (χ0n) is 12.9. The van der Waals surface area contributed by atoms with Gasteiger partial charge in [0, 0.05) is 24.5 Å². The first-order chi connectivity index (χ1) is 11.5. The molecule has 3 rings (SSSR count). The molecule has 2 aromatic heterocycles. The van der Waals surface area contributed by atoms with Gasteiger partial charge < -0.3 is 5.32 Å². The minimum atomic E-state index is -1.64. The number of likely N-dealkylation sites (tertiary alicyclic amines) is 1. The zero-order valence-corrected chi connectivity index (χ0v) is 13.7. The molecule has 2 aromatic rings. The van der Waals surface area contributed by atoms with Gasteiger partial charge in [0.25, 0.3) is 11.9 Å². The lowest BCUT2D eigenvalue weighted by Gasteiger charge is -2.32. The summed E-state index contributed by atoms with van der Waals surface area (Å²) in [6.45, 7) is 2.83. The van der Waals surface area contributed by atoms with Crippen molar-refractivity contribution < 1.29 is 17.6 Å². The fourth-order valence-corrected chi connectivity index (χ4v) is 3.72. The van der Waals surface area contributed by atoms with Crippen molar-refractivity contribution >= 4 is 17.0 Å². The number of pyridine rings is 1. The topological polar surface area (TPSA) is 28.2 Å². The van der Waals surface area contributed by atoms with Gasteiger partial charge in [-0.1, -0.05) is 6.07 Å². The van der Waals surface area contributed by atoms with Crippen LogP contribution in [0.2, 0.25) is 0 Å². The predicted molar refractivity (Wildman–Crippen MR) is 84.9 cm³/mol. The average Bonchev–Trinajstić information content (AvgIpc) is 3.06. The largest absolute Gasteiger partial charge is 0.380 e. The molecule has 130 valence electrons. The third kappa shape index (κ3) is 3.87. The highest BCUT2D eigenvalue weighted by molar-refractivity contribution is 7.09. The molecule has 1 fully saturated rings. The van der Waals surface area contributed by atoms with Crippen molar-refractivity contribution in [3.05, 3.63) is 45.9 Å². The highest BCUT2D eigenvalue weighted by Crippen LogP contribution is 2.24. The van der Waals surface area contributed by atoms with Crippen LogP contribution in [0, 0.1) is 29.4 Å². The molecule has 1 aliphatic heterocycles. The van der Waals surface area contributed by atoms with E-state index >= 15 is 0 Å². The van der Waals surface area contributed by atoms with Crippen molar-refractivity contribution in [1.82, 2.24) is 9.88 Å². The Hall–Kier alpha value is -1.67. The van der Waals surface area contributed by atoms with Crippen LogP contribution in [0.4, 0.5) is 23.2 Å². The number of piperidine rings is 1. The lowest BCUT2D eigenvalue weighted by Crippen LogP contribution is -2.37. The highest BCUT2D eigenvalue weighted by atomic mass is 32.1. The monoisotopic (exact) mass is 359 g/mol. The van der Waals surface area contributed by atoms with Crippen LogP contribution in [0.5, 0.6) is 0 Å². The molecule has 3 heterocycles. The quantitative estimate of drug-likeness (QED) is 0.646. The molecule has 1 saturated heterocycles. The summed E-state index contributed by atoms with van der Waals surface area (Å²) in [4.78, 5) is 6.09. The number of aromatic nitrogens is 1. The van der Waals surface area contributed by atoms with E-state index in [-0.39, 0.29) is 12.5 Å². The van der Waals surface area contributed by atoms with E-state index in [1.807, 2.05) is 11.4 Å². The minimum Gasteiger partial charge on any atom is -0.380 e. The Morgan fingerprint density at radius 1 is 1.21 bits per heavy atom. The molecule has 1 atom stereocenters. The van der Waals surface area contributed by atoms with Gasteiger partial charge in [0.2, 0.25) is 11.6 Å². The number of nitrogens with zero attached hydrogens (tertiary/aromatic N) is 2. The highest BCUT2D eigenvalue weighted by Gasteiger charge is 2.24. The summed E-state index contributed by atoms with van der Waals surface area (Å²) in [6, 6.07) is 4.07. The maximum atomic E-state index is 13.6. The second-order valence-electron chi connectivity index (χ2n) is 5.90. The van der Waals surface area contributed by atoms with Gasteiger partial charge in [0.05, 0.1) is 0 Å². The predicted octanol–water partition coefficient (Wildman–Crippen LogP) is 4.02. The summed E-state index contributed by atoms with van der Waals surface area (Å²) in [6.07, 6.45) is 1.87. The van der Waals surface area contributed by atoms with Crippen LogP contribution in [0.25, 0.3) is 0 Å². The maximum absolute atomic E-state index is 13.6. The number of anilines is 1. The summed E-state index contributed by atoms with van der Waals surface area (Å²) < 4.78 is 53.5. The molecule has 0 amide bonds. The van der Waals surface area contributed by atoms with Crippen molar-refractivity contribution in [2.24, 2.45) is 5.92 Å². The molecule has 0 aromatic carbocycles. The standard InChI is InChI=1S/C16H17F4N3S/c17-12-14(13(18)16(20)22-15(12)19)21-7-10-3-1-5-23(8-10)9-11-4-2-6-24-11/h2,4,6,10H,1,3,5,7-9H2,(H,21,22). The molecule has 0 radical (unpaired) electrons. The first-order valence-corrected chi connectivity index (χ1v) is 8.61. The molecule has 0 aliphatic carbocycles. The Balaban J connectivity index is 1.60. The SMILES string of the molecule is Fc1nc(F)c(F)c(NCC2CCCN(Cc3cccs3)C2)c1F. The first-order valence-electron chi connectivity index (χ1n) is 7.73. The molecule has 3 nitrogen and oxygen atoms in total. The van der Waals surface area contributed by atoms with E-state index in [0.29, 0.717) is 0 Å². The van der Waals surface area contributed by atoms with Crippen LogP contribution in [0.1, 0.15) is 17.7 Å². The van der Waals surface area contributed by atoms with Gasteiger partial charge in [-0.25, -0.2) is 0 Å². The van der Waals surface area contributed by atoms with E-state index in [0.717, 1.165) is 32.5 Å². The van der Waals surface area contributed by atoms with E-state index in [4.69, 9.17) is 0 Å². The number of hydrogen-bond acceptors (Lipinski definition) is 4. The molecule has 1 unspecified atom stereocenters. The Bertz CT molecular complexity index is 667. The van der Waals surface area contributed by atoms with Gasteiger partial charge in [0.15, 0.2) is 0 Å². The van der Waals surface area contributed by atoms with E-state index in [2.05, 4.69) is 21.3 Å². The smallest absolute Gasteiger partial charge is 0.253 e. The van der Waals surface area contributed by atoms with Crippen LogP contribution in [0.15, 0.2) is 17.5 Å². The lowest BCUT2D eigenvalue weighted by molar-refractivity contribution is 0.174. The third-order valence-corrected chi connectivity index (χ3v) is 4.99. The fraction of sp³-hybridized carbons (Fsp3) is 0.438. The van der Waals surface area contributed by atoms with E-state index in [1.165, 1.54) is 4.88 Å². The van der Waals surface area contributed by atoms with Crippen LogP contribution in [-0.2, 0) is 6.54 Å². The second-order valence-corrected chi connectivity index (χ2v) is 6.93. The summed E-state index contributed by atoms with van der Waals surface area (Å²) in [5.41, 5.74) is -0.782. The average molecular weight is 359 g/mol. The Labute approximate surface area is 141 Å². The molecule has 0 saturated carbocycles. The lowest BCUT2D eigenvalue weighted by atomic mass is 9.98. The Morgan fingerprint density at radius 2 is 1.96 bits per heavy atom. The van der Waals surface area contributed by atoms with Crippen molar-refractivity contribution in [2.75, 3.05) is 25.0 Å². The summed E-state index contributed by atoms with van der Waals surface area (Å²) in [7, 11) is 0. The van der Waals surface area contributed by atoms with Crippen molar-refractivity contribution in [1.29, 1.82) is 0 Å². The van der Waals surface area contributed by atoms with E-state index < -0.39 is 29.2 Å². The fourth-order valence-electron chi connectivity index (χ4n) is 2.97. The number of rotatable bonds is 5. The zero-order chi connectivity index (χ0) is 17.1. The van der Waals surface area contributed by atoms with Crippen LogP contribution < -0.4 is 5.32 Å². The van der Waals surface area contributed by atoms with Gasteiger partial charge >= 0.3 is 0 Å². The summed E-state index contributed by atoms with van der Waals surface area (Å²) in [5, 5.41) is 4.54. The number of hydrogen-bond donors (Lipinski definition) is 1. The van der Waals surface area contributed by atoms with Gasteiger partial charge in [-0.2, -0.15) is 22.5 Å². The van der Waals surface area contributed by atoms with Gasteiger partial charge in [-0.05, 0) is 36.8 Å². The second kappa shape index (κ2) is 7.48. The molecule has 8 heteroatoms. The Morgan fingerprint density at radius 3 is 2.62 bits per heavy atom. The minimum absolute atomic E-state index is 0.150. The summed E-state index contributed by atoms with van der Waals surface area (Å²) >= 11 is 1.69. The first kappa shape index (κ1) is 17.2. The van der Waals surface area contributed by atoms with Crippen molar-refractivity contribution in [2.45, 2.75) is 19.4 Å². The summed E-state index contributed by atoms with van der Waals surface area (Å²) in [5.74, 6) is -6.10. The maximum Gasteiger partial charge on any atom is 0.253 e. The van der Waals surface area contributed by atoms with E-state index in [9.17, 15) is 17.6 Å². The molecule has 1 aliphatic rings. The molecule has 24 heavy (non-hydrogen) atoms. The molecular formula is C16H17F4N3S.